The van der Waals surface area contributed by atoms with Gasteiger partial charge >= 0.3 is 6.18 Å². The van der Waals surface area contributed by atoms with Crippen LogP contribution in [0.15, 0.2) is 72.5 Å². The largest absolute Gasteiger partial charge is 0.416 e. The third-order valence-corrected chi connectivity index (χ3v) is 4.43. The maximum absolute atomic E-state index is 12.8. The Bertz CT molecular complexity index is 928. The Kier molecular flexibility index (Phi) is 5.60. The summed E-state index contributed by atoms with van der Waals surface area (Å²) in [5, 5.41) is 15.6. The number of rotatable bonds is 6. The average Bonchev–Trinajstić information content (AvgIpc) is 3.08. The highest BCUT2D eigenvalue weighted by Crippen LogP contribution is 2.29. The molecule has 8 heteroatoms. The summed E-state index contributed by atoms with van der Waals surface area (Å²) in [5.41, 5.74) is 2.12. The van der Waals surface area contributed by atoms with Crippen molar-refractivity contribution in [2.45, 2.75) is 25.7 Å². The second-order valence-electron chi connectivity index (χ2n) is 6.58. The van der Waals surface area contributed by atoms with E-state index in [-0.39, 0.29) is 19.2 Å². The molecule has 0 radical (unpaired) electrons. The SMILES string of the molecule is C=C(Nc1cn(Cc2cccc(C(F)(F)F)c2)cn1)C1=CC=C(CO)C(C)N1. The Morgan fingerprint density at radius 2 is 2.14 bits per heavy atom. The van der Waals surface area contributed by atoms with Crippen molar-refractivity contribution in [3.8, 4) is 0 Å². The number of aliphatic hydroxyl groups excluding tert-OH is 1. The molecular formula is C20H21F3N4O. The van der Waals surface area contributed by atoms with Crippen molar-refractivity contribution in [2.24, 2.45) is 0 Å². The highest BCUT2D eigenvalue weighted by atomic mass is 19.4. The third kappa shape index (κ3) is 4.64. The molecule has 3 rings (SSSR count). The van der Waals surface area contributed by atoms with Crippen molar-refractivity contribution in [1.29, 1.82) is 0 Å². The zero-order chi connectivity index (χ0) is 20.3. The van der Waals surface area contributed by atoms with Crippen molar-refractivity contribution < 1.29 is 18.3 Å². The molecule has 0 saturated carbocycles. The number of nitrogens with one attached hydrogen (secondary N) is 2. The monoisotopic (exact) mass is 390 g/mol. The van der Waals surface area contributed by atoms with E-state index in [1.165, 1.54) is 6.07 Å². The number of benzene rings is 1. The van der Waals surface area contributed by atoms with Gasteiger partial charge in [-0.05, 0) is 36.3 Å². The van der Waals surface area contributed by atoms with Crippen LogP contribution in [0.1, 0.15) is 18.1 Å². The zero-order valence-corrected chi connectivity index (χ0v) is 15.3. The molecule has 0 spiro atoms. The van der Waals surface area contributed by atoms with Gasteiger partial charge in [0.05, 0.1) is 29.9 Å². The molecule has 5 nitrogen and oxygen atoms in total. The molecule has 0 amide bonds. The first-order valence-corrected chi connectivity index (χ1v) is 8.68. The molecular weight excluding hydrogens is 369 g/mol. The van der Waals surface area contributed by atoms with Crippen molar-refractivity contribution >= 4 is 5.82 Å². The summed E-state index contributed by atoms with van der Waals surface area (Å²) >= 11 is 0. The van der Waals surface area contributed by atoms with E-state index in [1.54, 1.807) is 23.2 Å². The number of aromatic nitrogens is 2. The third-order valence-electron chi connectivity index (χ3n) is 4.43. The smallest absolute Gasteiger partial charge is 0.392 e. The van der Waals surface area contributed by atoms with E-state index < -0.39 is 11.7 Å². The van der Waals surface area contributed by atoms with Crippen LogP contribution in [-0.4, -0.2) is 27.3 Å². The van der Waals surface area contributed by atoms with Gasteiger partial charge in [-0.3, -0.25) is 0 Å². The summed E-state index contributed by atoms with van der Waals surface area (Å²) < 4.78 is 40.2. The molecule has 1 aromatic carbocycles. The van der Waals surface area contributed by atoms with E-state index in [0.717, 1.165) is 23.4 Å². The van der Waals surface area contributed by atoms with Crippen LogP contribution in [0.5, 0.6) is 0 Å². The summed E-state index contributed by atoms with van der Waals surface area (Å²) in [7, 11) is 0. The van der Waals surface area contributed by atoms with Crippen molar-refractivity contribution in [3.05, 3.63) is 83.6 Å². The number of hydrogen-bond donors (Lipinski definition) is 3. The Labute approximate surface area is 160 Å². The van der Waals surface area contributed by atoms with Gasteiger partial charge in [0.2, 0.25) is 0 Å². The lowest BCUT2D eigenvalue weighted by molar-refractivity contribution is -0.137. The second kappa shape index (κ2) is 7.93. The molecule has 148 valence electrons. The van der Waals surface area contributed by atoms with Gasteiger partial charge in [0.15, 0.2) is 0 Å². The maximum atomic E-state index is 12.8. The molecule has 1 unspecified atom stereocenters. The molecule has 1 aromatic heterocycles. The molecule has 0 aliphatic carbocycles. The Hall–Kier alpha value is -3.00. The van der Waals surface area contributed by atoms with Gasteiger partial charge in [0.25, 0.3) is 0 Å². The quantitative estimate of drug-likeness (QED) is 0.704. The molecule has 0 fully saturated rings. The fraction of sp³-hybridized carbons (Fsp3) is 0.250. The fourth-order valence-electron chi connectivity index (χ4n) is 2.88. The van der Waals surface area contributed by atoms with E-state index in [1.807, 2.05) is 19.1 Å². The molecule has 1 aliphatic heterocycles. The highest BCUT2D eigenvalue weighted by molar-refractivity contribution is 5.48. The fourth-order valence-corrected chi connectivity index (χ4v) is 2.88. The van der Waals surface area contributed by atoms with E-state index in [0.29, 0.717) is 17.1 Å². The number of alkyl halides is 3. The first kappa shape index (κ1) is 19.8. The first-order valence-electron chi connectivity index (χ1n) is 8.68. The van der Waals surface area contributed by atoms with Crippen LogP contribution >= 0.6 is 0 Å². The van der Waals surface area contributed by atoms with Crippen LogP contribution in [0, 0.1) is 0 Å². The van der Waals surface area contributed by atoms with Crippen molar-refractivity contribution in [1.82, 2.24) is 14.9 Å². The Morgan fingerprint density at radius 1 is 1.36 bits per heavy atom. The van der Waals surface area contributed by atoms with Crippen LogP contribution in [0.3, 0.4) is 0 Å². The lowest BCUT2D eigenvalue weighted by atomic mass is 10.0. The van der Waals surface area contributed by atoms with E-state index >= 15 is 0 Å². The molecule has 3 N–H and O–H groups in total. The van der Waals surface area contributed by atoms with Gasteiger partial charge in [-0.2, -0.15) is 13.2 Å². The number of allylic oxidation sites excluding steroid dienone is 2. The minimum Gasteiger partial charge on any atom is -0.392 e. The van der Waals surface area contributed by atoms with Crippen molar-refractivity contribution in [2.75, 3.05) is 11.9 Å². The van der Waals surface area contributed by atoms with Gasteiger partial charge in [-0.15, -0.1) is 0 Å². The number of anilines is 1. The summed E-state index contributed by atoms with van der Waals surface area (Å²) in [6.07, 6.45) is 2.55. The number of dihydropyridines is 1. The number of nitrogens with zero attached hydrogens (tertiary/aromatic N) is 2. The molecule has 0 bridgehead atoms. The van der Waals surface area contributed by atoms with Gasteiger partial charge in [-0.25, -0.2) is 4.98 Å². The first-order chi connectivity index (χ1) is 13.3. The number of imidazole rings is 1. The van der Waals surface area contributed by atoms with E-state index in [9.17, 15) is 18.3 Å². The summed E-state index contributed by atoms with van der Waals surface area (Å²) in [6, 6.07) is 5.21. The second-order valence-corrected chi connectivity index (χ2v) is 6.58. The van der Waals surface area contributed by atoms with Gasteiger partial charge in [-0.1, -0.05) is 24.8 Å². The maximum Gasteiger partial charge on any atom is 0.416 e. The van der Waals surface area contributed by atoms with Crippen molar-refractivity contribution in [3.63, 3.8) is 0 Å². The molecule has 28 heavy (non-hydrogen) atoms. The van der Waals surface area contributed by atoms with Crippen LogP contribution in [-0.2, 0) is 12.7 Å². The van der Waals surface area contributed by atoms with Crippen LogP contribution in [0.25, 0.3) is 0 Å². The highest BCUT2D eigenvalue weighted by Gasteiger charge is 2.30. The molecule has 2 heterocycles. The van der Waals surface area contributed by atoms with Crippen LogP contribution in [0.4, 0.5) is 19.0 Å². The minimum absolute atomic E-state index is 0.0120. The molecule has 2 aromatic rings. The van der Waals surface area contributed by atoms with Crippen LogP contribution in [0.2, 0.25) is 0 Å². The standard InChI is InChI=1S/C20H21F3N4O/c1-13-16(11-28)6-7-18(25-13)14(2)26-19-10-27(12-24-19)9-15-4-3-5-17(8-15)20(21,22)23/h3-8,10,12-13,25-26,28H,2,9,11H2,1H3. The lowest BCUT2D eigenvalue weighted by Gasteiger charge is -2.24. The summed E-state index contributed by atoms with van der Waals surface area (Å²) in [6.45, 7) is 6.17. The van der Waals surface area contributed by atoms with Gasteiger partial charge in [0, 0.05) is 18.8 Å². The molecule has 1 aliphatic rings. The number of hydrogen-bond acceptors (Lipinski definition) is 4. The number of aliphatic hydroxyl groups is 1. The van der Waals surface area contributed by atoms with Crippen LogP contribution < -0.4 is 10.6 Å². The summed E-state index contributed by atoms with van der Waals surface area (Å²) in [4.78, 5) is 4.23. The van der Waals surface area contributed by atoms with Gasteiger partial charge in [0.1, 0.15) is 5.82 Å². The molecule has 0 saturated heterocycles. The Balaban J connectivity index is 1.66. The topological polar surface area (TPSA) is 62.1 Å². The predicted octanol–water partition coefficient (Wildman–Crippen LogP) is 3.67. The predicted molar refractivity (Wildman–Crippen MR) is 101 cm³/mol. The number of halogens is 3. The van der Waals surface area contributed by atoms with E-state index in [4.69, 9.17) is 0 Å². The Morgan fingerprint density at radius 3 is 2.82 bits per heavy atom. The summed E-state index contributed by atoms with van der Waals surface area (Å²) in [5.74, 6) is 0.532. The van der Waals surface area contributed by atoms with E-state index in [2.05, 4.69) is 22.2 Å². The minimum atomic E-state index is -4.36. The lowest BCUT2D eigenvalue weighted by Crippen LogP contribution is -2.32. The van der Waals surface area contributed by atoms with Gasteiger partial charge < -0.3 is 20.3 Å². The normalized spacial score (nSPS) is 16.8. The average molecular weight is 390 g/mol. The zero-order valence-electron chi connectivity index (χ0n) is 15.3. The molecule has 1 atom stereocenters.